The smallest absolute Gasteiger partial charge is 0.236 e. The van der Waals surface area contributed by atoms with Crippen LogP contribution in [0.2, 0.25) is 0 Å². The fourth-order valence-corrected chi connectivity index (χ4v) is 2.93. The van der Waals surface area contributed by atoms with Crippen molar-refractivity contribution in [2.45, 2.75) is 51.0 Å². The minimum Gasteiger partial charge on any atom is -0.409 e. The maximum Gasteiger partial charge on any atom is 0.236 e. The van der Waals surface area contributed by atoms with Crippen LogP contribution in [0.4, 0.5) is 0 Å². The van der Waals surface area contributed by atoms with Crippen molar-refractivity contribution in [3.05, 3.63) is 0 Å². The topological polar surface area (TPSA) is 78.9 Å². The first-order valence-corrected chi connectivity index (χ1v) is 6.37. The number of rotatable bonds is 3. The van der Waals surface area contributed by atoms with E-state index in [9.17, 15) is 4.79 Å². The molecule has 5 heteroatoms. The summed E-state index contributed by atoms with van der Waals surface area (Å²) < 4.78 is 0. The fraction of sp³-hybridized carbons (Fsp3) is 0.833. The first kappa shape index (κ1) is 12.2. The van der Waals surface area contributed by atoms with E-state index in [1.165, 1.54) is 6.42 Å². The normalized spacial score (nSPS) is 24.4. The quantitative estimate of drug-likeness (QED) is 0.337. The van der Waals surface area contributed by atoms with Crippen LogP contribution >= 0.6 is 0 Å². The lowest BCUT2D eigenvalue weighted by Gasteiger charge is -2.39. The zero-order valence-electron chi connectivity index (χ0n) is 10.4. The van der Waals surface area contributed by atoms with Crippen LogP contribution in [-0.2, 0) is 4.79 Å². The van der Waals surface area contributed by atoms with Crippen molar-refractivity contribution >= 4 is 11.7 Å². The number of hydrogen-bond acceptors (Lipinski definition) is 3. The first-order chi connectivity index (χ1) is 8.12. The van der Waals surface area contributed by atoms with Gasteiger partial charge in [0.2, 0.25) is 5.91 Å². The van der Waals surface area contributed by atoms with Gasteiger partial charge in [-0.15, -0.1) is 0 Å². The molecule has 0 aromatic heterocycles. The molecule has 2 aliphatic rings. The van der Waals surface area contributed by atoms with Gasteiger partial charge in [0, 0.05) is 13.1 Å². The van der Waals surface area contributed by atoms with Crippen molar-refractivity contribution in [2.24, 2.45) is 16.3 Å². The third-order valence-electron chi connectivity index (χ3n) is 4.41. The molecule has 17 heavy (non-hydrogen) atoms. The first-order valence-electron chi connectivity index (χ1n) is 6.37. The van der Waals surface area contributed by atoms with Gasteiger partial charge >= 0.3 is 0 Å². The zero-order chi connectivity index (χ0) is 12.5. The molecule has 0 aromatic carbocycles. The number of oxime groups is 1. The summed E-state index contributed by atoms with van der Waals surface area (Å²) in [4.78, 5) is 14.4. The molecule has 5 nitrogen and oxygen atoms in total. The van der Waals surface area contributed by atoms with E-state index in [0.717, 1.165) is 25.7 Å². The molecule has 2 rings (SSSR count). The molecule has 96 valence electrons. The number of nitrogens with zero attached hydrogens (tertiary/aromatic N) is 2. The largest absolute Gasteiger partial charge is 0.409 e. The molecule has 0 unspecified atom stereocenters. The summed E-state index contributed by atoms with van der Waals surface area (Å²) in [5.41, 5.74) is 5.03. The number of carbonyl (C=O) groups is 1. The number of amides is 1. The standard InChI is InChI=1S/C12H21N3O2/c1-15(9-5-4-6-9)11(16)12(10(13)14-17)7-2-3-8-12/h9,17H,2-8H2,1H3,(H2,13,14). The highest BCUT2D eigenvalue weighted by molar-refractivity contribution is 6.07. The lowest BCUT2D eigenvalue weighted by atomic mass is 9.81. The molecule has 0 heterocycles. The van der Waals surface area contributed by atoms with Crippen LogP contribution in [0.5, 0.6) is 0 Å². The zero-order valence-corrected chi connectivity index (χ0v) is 10.4. The van der Waals surface area contributed by atoms with Crippen LogP contribution in [0.15, 0.2) is 5.16 Å². The van der Waals surface area contributed by atoms with Crippen molar-refractivity contribution in [1.29, 1.82) is 0 Å². The third kappa shape index (κ3) is 1.87. The van der Waals surface area contributed by atoms with Gasteiger partial charge in [-0.2, -0.15) is 0 Å². The monoisotopic (exact) mass is 239 g/mol. The highest BCUT2D eigenvalue weighted by Crippen LogP contribution is 2.41. The molecule has 2 saturated carbocycles. The minimum atomic E-state index is -0.737. The summed E-state index contributed by atoms with van der Waals surface area (Å²) in [5, 5.41) is 12.0. The van der Waals surface area contributed by atoms with E-state index in [1.54, 1.807) is 0 Å². The Hall–Kier alpha value is -1.26. The number of hydrogen-bond donors (Lipinski definition) is 2. The second kappa shape index (κ2) is 4.55. The van der Waals surface area contributed by atoms with Crippen molar-refractivity contribution in [2.75, 3.05) is 7.05 Å². The predicted molar refractivity (Wildman–Crippen MR) is 64.7 cm³/mol. The van der Waals surface area contributed by atoms with Crippen molar-refractivity contribution in [3.63, 3.8) is 0 Å². The average Bonchev–Trinajstić information content (AvgIpc) is 2.74. The van der Waals surface area contributed by atoms with Gasteiger partial charge < -0.3 is 15.8 Å². The molecule has 0 radical (unpaired) electrons. The molecule has 0 aromatic rings. The summed E-state index contributed by atoms with van der Waals surface area (Å²) in [5.74, 6) is 0.126. The highest BCUT2D eigenvalue weighted by atomic mass is 16.4. The molecule has 0 spiro atoms. The maximum atomic E-state index is 12.6. The van der Waals surface area contributed by atoms with Crippen molar-refractivity contribution < 1.29 is 10.0 Å². The van der Waals surface area contributed by atoms with E-state index >= 15 is 0 Å². The van der Waals surface area contributed by atoms with Crippen LogP contribution in [0.1, 0.15) is 44.9 Å². The van der Waals surface area contributed by atoms with E-state index in [-0.39, 0.29) is 11.7 Å². The molecule has 1 amide bonds. The van der Waals surface area contributed by atoms with Crippen molar-refractivity contribution in [3.8, 4) is 0 Å². The van der Waals surface area contributed by atoms with Gasteiger partial charge in [-0.3, -0.25) is 4.79 Å². The Kier molecular flexibility index (Phi) is 3.26. The van der Waals surface area contributed by atoms with Gasteiger partial charge in [0.1, 0.15) is 5.41 Å². The fourth-order valence-electron chi connectivity index (χ4n) is 2.93. The molecule has 3 N–H and O–H groups in total. The van der Waals surface area contributed by atoms with E-state index in [1.807, 2.05) is 11.9 Å². The van der Waals surface area contributed by atoms with E-state index < -0.39 is 5.41 Å². The van der Waals surface area contributed by atoms with Gasteiger partial charge in [-0.05, 0) is 32.1 Å². The van der Waals surface area contributed by atoms with Crippen LogP contribution < -0.4 is 5.73 Å². The molecule has 0 aliphatic heterocycles. The number of nitrogens with two attached hydrogens (primary N) is 1. The van der Waals surface area contributed by atoms with Crippen LogP contribution in [0, 0.1) is 5.41 Å². The SMILES string of the molecule is CN(C(=O)C1(C(N)=NO)CCCC1)C1CCC1. The Morgan fingerprint density at radius 1 is 1.35 bits per heavy atom. The van der Waals surface area contributed by atoms with Gasteiger partial charge in [0.15, 0.2) is 5.84 Å². The summed E-state index contributed by atoms with van der Waals surface area (Å²) in [6.07, 6.45) is 6.71. The van der Waals surface area contributed by atoms with E-state index in [4.69, 9.17) is 10.9 Å². The molecule has 0 bridgehead atoms. The Morgan fingerprint density at radius 2 is 1.94 bits per heavy atom. The summed E-state index contributed by atoms with van der Waals surface area (Å²) >= 11 is 0. The molecular formula is C12H21N3O2. The van der Waals surface area contributed by atoms with Gasteiger partial charge in [0.25, 0.3) is 0 Å². The minimum absolute atomic E-state index is 0.0370. The van der Waals surface area contributed by atoms with E-state index in [0.29, 0.717) is 18.9 Å². The summed E-state index contributed by atoms with van der Waals surface area (Å²) in [6.45, 7) is 0. The summed E-state index contributed by atoms with van der Waals surface area (Å²) in [7, 11) is 1.84. The molecular weight excluding hydrogens is 218 g/mol. The van der Waals surface area contributed by atoms with Crippen LogP contribution in [0.25, 0.3) is 0 Å². The molecule has 0 atom stereocenters. The Labute approximate surface area is 102 Å². The lowest BCUT2D eigenvalue weighted by Crippen LogP contribution is -2.53. The highest BCUT2D eigenvalue weighted by Gasteiger charge is 2.48. The van der Waals surface area contributed by atoms with Gasteiger partial charge in [0.05, 0.1) is 0 Å². The Bertz CT molecular complexity index is 331. The second-order valence-corrected chi connectivity index (χ2v) is 5.28. The maximum absolute atomic E-state index is 12.6. The second-order valence-electron chi connectivity index (χ2n) is 5.28. The van der Waals surface area contributed by atoms with Crippen LogP contribution in [-0.4, -0.2) is 34.9 Å². The lowest BCUT2D eigenvalue weighted by molar-refractivity contribution is -0.140. The number of carbonyl (C=O) groups excluding carboxylic acids is 1. The summed E-state index contributed by atoms with van der Waals surface area (Å²) in [6, 6.07) is 0.353. The van der Waals surface area contributed by atoms with Gasteiger partial charge in [-0.1, -0.05) is 18.0 Å². The van der Waals surface area contributed by atoms with Crippen LogP contribution in [0.3, 0.4) is 0 Å². The van der Waals surface area contributed by atoms with Crippen molar-refractivity contribution in [1.82, 2.24) is 4.90 Å². The molecule has 0 saturated heterocycles. The molecule has 2 fully saturated rings. The Morgan fingerprint density at radius 3 is 2.35 bits per heavy atom. The average molecular weight is 239 g/mol. The Balaban J connectivity index is 2.18. The third-order valence-corrected chi connectivity index (χ3v) is 4.41. The van der Waals surface area contributed by atoms with E-state index in [2.05, 4.69) is 5.16 Å². The number of amidine groups is 1. The van der Waals surface area contributed by atoms with Gasteiger partial charge in [-0.25, -0.2) is 0 Å². The predicted octanol–water partition coefficient (Wildman–Crippen LogP) is 1.30. The molecule has 2 aliphatic carbocycles.